The number of unbranched alkanes of at least 4 members (excludes halogenated alkanes) is 8. The van der Waals surface area contributed by atoms with E-state index in [4.69, 9.17) is 15.2 Å². The fraction of sp³-hybridized carbons (Fsp3) is 0.633. The molecule has 17 heteroatoms. The van der Waals surface area contributed by atoms with Crippen LogP contribution in [0.4, 0.5) is 0 Å². The highest BCUT2D eigenvalue weighted by Crippen LogP contribution is 2.38. The summed E-state index contributed by atoms with van der Waals surface area (Å²) in [4.78, 5) is 83.4. The summed E-state index contributed by atoms with van der Waals surface area (Å²) in [5.41, 5.74) is 7.03. The second kappa shape index (κ2) is 27.5. The van der Waals surface area contributed by atoms with Crippen molar-refractivity contribution in [2.45, 2.75) is 160 Å². The molecular formula is C49H75N7O10. The molecule has 2 aliphatic rings. The van der Waals surface area contributed by atoms with Crippen molar-refractivity contribution in [2.75, 3.05) is 39.8 Å². The molecule has 5 amide bonds. The van der Waals surface area contributed by atoms with Crippen LogP contribution < -0.4 is 32.3 Å². The molecule has 17 nitrogen and oxygen atoms in total. The Bertz CT molecular complexity index is 1930. The first kappa shape index (κ1) is 53.5. The molecular weight excluding hydrogens is 847 g/mol. The Labute approximate surface area is 390 Å². The third-order valence-electron chi connectivity index (χ3n) is 12.2. The molecule has 366 valence electrons. The Balaban J connectivity index is 1.49. The molecule has 2 unspecified atom stereocenters. The van der Waals surface area contributed by atoms with Gasteiger partial charge in [-0.1, -0.05) is 64.0 Å². The molecule has 9 N–H and O–H groups in total. The van der Waals surface area contributed by atoms with Crippen molar-refractivity contribution in [3.05, 3.63) is 47.5 Å². The minimum Gasteiger partial charge on any atom is -0.507 e. The Kier molecular flexibility index (Phi) is 22.3. The highest BCUT2D eigenvalue weighted by molar-refractivity contribution is 5.96. The van der Waals surface area contributed by atoms with E-state index < -0.39 is 53.7 Å². The Hall–Kier alpha value is -5.10. The van der Waals surface area contributed by atoms with E-state index in [1.54, 1.807) is 18.2 Å². The molecule has 2 aromatic rings. The van der Waals surface area contributed by atoms with E-state index in [-0.39, 0.29) is 79.1 Å². The summed E-state index contributed by atoms with van der Waals surface area (Å²) in [6.07, 6.45) is 11.0. The Morgan fingerprint density at radius 1 is 0.864 bits per heavy atom. The van der Waals surface area contributed by atoms with Crippen LogP contribution in [0.25, 0.3) is 11.1 Å². The second-order valence-corrected chi connectivity index (χ2v) is 17.8. The monoisotopic (exact) mass is 922 g/mol. The number of aromatic hydroxyl groups is 2. The maximum absolute atomic E-state index is 14.3. The number of nitrogens with two attached hydrogens (primary N) is 1. The molecule has 0 aromatic heterocycles. The summed E-state index contributed by atoms with van der Waals surface area (Å²) >= 11 is 0. The molecule has 0 spiro atoms. The summed E-state index contributed by atoms with van der Waals surface area (Å²) in [6, 6.07) is 4.84. The fourth-order valence-electron chi connectivity index (χ4n) is 7.96. The van der Waals surface area contributed by atoms with Gasteiger partial charge in [0, 0.05) is 50.5 Å². The number of benzene rings is 2. The first-order chi connectivity index (χ1) is 31.6. The van der Waals surface area contributed by atoms with E-state index in [1.807, 2.05) is 6.92 Å². The standard InChI is InChI=1S/C49H75N7O10/c1-6-7-8-9-10-11-12-15-24-51-25-21-44(60)54-39(16-13-14-23-50)48(64)56(5)30-38-35-18-20-43(59)37(29-35)36-27-34(17-19-42(36)58)28-40(55-45(61)32(3)53-46(38)62)47(63)52-31(2)41(57)22-26-65-49-33(4)66-49/h17-20,27,29,31-33,38-40,49,51,58-59H,6-16,21-26,28,30,50H2,1-5H3,(H,52,63)(H,53,62)(H,54,60)(H,55,61)/t31-,32-,33?,38-,39-,40-,49?/m0/s1. The minimum absolute atomic E-state index is 0.0285. The van der Waals surface area contributed by atoms with Crippen LogP contribution in [0.2, 0.25) is 0 Å². The number of fused-ring (bicyclic) bond motifs is 5. The van der Waals surface area contributed by atoms with Crippen molar-refractivity contribution < 1.29 is 48.5 Å². The van der Waals surface area contributed by atoms with E-state index in [0.717, 1.165) is 19.4 Å². The van der Waals surface area contributed by atoms with Crippen LogP contribution in [-0.4, -0.2) is 127 Å². The molecule has 4 rings (SSSR count). The lowest BCUT2D eigenvalue weighted by atomic mass is 9.91. The van der Waals surface area contributed by atoms with Crippen LogP contribution in [0.3, 0.4) is 0 Å². The maximum Gasteiger partial charge on any atom is 0.244 e. The SMILES string of the molecule is CCCCCCCCCCNCCC(=O)N[C@@H](CCCCN)C(=O)N(C)C[C@@H]1C(=O)N[C@@H](C)C(=O)N[C@H](C(=O)N[C@@H](C)C(=O)CCOC2OC2C)Cc2ccc(O)c(c2)-c2cc1ccc2O. The van der Waals surface area contributed by atoms with Gasteiger partial charge in [0.1, 0.15) is 35.7 Å². The zero-order valence-electron chi connectivity index (χ0n) is 39.6. The predicted octanol–water partition coefficient (Wildman–Crippen LogP) is 3.81. The number of ketones is 1. The number of likely N-dealkylation sites (N-methyl/N-ethyl adjacent to an activating group) is 1. The van der Waals surface area contributed by atoms with Gasteiger partial charge in [0.2, 0.25) is 29.5 Å². The average Bonchev–Trinajstić information content (AvgIpc) is 4.00. The fourth-order valence-corrected chi connectivity index (χ4v) is 7.96. The third-order valence-corrected chi connectivity index (χ3v) is 12.2. The number of hydrogen-bond acceptors (Lipinski definition) is 12. The lowest BCUT2D eigenvalue weighted by molar-refractivity contribution is -0.137. The molecule has 2 aromatic carbocycles. The first-order valence-electron chi connectivity index (χ1n) is 23.9. The first-order valence-corrected chi connectivity index (χ1v) is 23.9. The number of epoxide rings is 1. The van der Waals surface area contributed by atoms with Crippen molar-refractivity contribution in [2.24, 2.45) is 5.73 Å². The maximum atomic E-state index is 14.3. The number of carbonyl (C=O) groups excluding carboxylic acids is 6. The second-order valence-electron chi connectivity index (χ2n) is 17.8. The smallest absolute Gasteiger partial charge is 0.244 e. The van der Waals surface area contributed by atoms with Crippen molar-refractivity contribution in [1.82, 2.24) is 31.5 Å². The van der Waals surface area contributed by atoms with Crippen LogP contribution in [0.5, 0.6) is 11.5 Å². The van der Waals surface area contributed by atoms with Crippen LogP contribution in [-0.2, 0) is 44.7 Å². The van der Waals surface area contributed by atoms with E-state index in [2.05, 4.69) is 33.5 Å². The molecule has 7 atom stereocenters. The van der Waals surface area contributed by atoms with Crippen LogP contribution >= 0.6 is 0 Å². The summed E-state index contributed by atoms with van der Waals surface area (Å²) in [7, 11) is 1.53. The van der Waals surface area contributed by atoms with E-state index in [1.165, 1.54) is 82.5 Å². The summed E-state index contributed by atoms with van der Waals surface area (Å²) in [5.74, 6) is -4.47. The van der Waals surface area contributed by atoms with Crippen LogP contribution in [0.1, 0.15) is 128 Å². The number of rotatable bonds is 27. The van der Waals surface area contributed by atoms with Gasteiger partial charge in [-0.15, -0.1) is 0 Å². The number of nitrogens with zero attached hydrogens (tertiary/aromatic N) is 1. The van der Waals surface area contributed by atoms with Crippen molar-refractivity contribution in [1.29, 1.82) is 0 Å². The van der Waals surface area contributed by atoms with Crippen LogP contribution in [0, 0.1) is 0 Å². The number of nitrogens with one attached hydrogen (secondary N) is 5. The number of phenolic OH excluding ortho intramolecular Hbond substituents is 2. The molecule has 0 radical (unpaired) electrons. The Morgan fingerprint density at radius 2 is 1.53 bits per heavy atom. The number of carbonyl (C=O) groups is 6. The molecule has 66 heavy (non-hydrogen) atoms. The van der Waals surface area contributed by atoms with E-state index >= 15 is 0 Å². The number of Topliss-reactive ketones (excluding diaryl/α,β-unsaturated/α-hetero) is 1. The number of phenols is 2. The highest BCUT2D eigenvalue weighted by atomic mass is 16.8. The normalized spacial score (nSPS) is 20.2. The molecule has 1 saturated heterocycles. The molecule has 2 aliphatic heterocycles. The lowest BCUT2D eigenvalue weighted by Gasteiger charge is -2.29. The van der Waals surface area contributed by atoms with Gasteiger partial charge in [-0.2, -0.15) is 0 Å². The lowest BCUT2D eigenvalue weighted by Crippen LogP contribution is -2.56. The topological polar surface area (TPSA) is 254 Å². The zero-order chi connectivity index (χ0) is 48.2. The summed E-state index contributed by atoms with van der Waals surface area (Å²) in [5, 5.41) is 36.6. The number of ether oxygens (including phenoxy) is 2. The van der Waals surface area contributed by atoms with Gasteiger partial charge in [-0.25, -0.2) is 0 Å². The quantitative estimate of drug-likeness (QED) is 0.0471. The highest BCUT2D eigenvalue weighted by Gasteiger charge is 2.36. The minimum atomic E-state index is -1.22. The van der Waals surface area contributed by atoms with E-state index in [0.29, 0.717) is 43.5 Å². The summed E-state index contributed by atoms with van der Waals surface area (Å²) in [6.45, 7) is 8.68. The van der Waals surface area contributed by atoms with Gasteiger partial charge >= 0.3 is 0 Å². The molecule has 0 aliphatic carbocycles. The summed E-state index contributed by atoms with van der Waals surface area (Å²) < 4.78 is 10.7. The molecule has 4 bridgehead atoms. The average molecular weight is 922 g/mol. The largest absolute Gasteiger partial charge is 0.507 e. The van der Waals surface area contributed by atoms with Gasteiger partial charge in [0.25, 0.3) is 0 Å². The third kappa shape index (κ3) is 17.3. The van der Waals surface area contributed by atoms with E-state index in [9.17, 15) is 39.0 Å². The van der Waals surface area contributed by atoms with Crippen molar-refractivity contribution in [3.63, 3.8) is 0 Å². The van der Waals surface area contributed by atoms with Gasteiger partial charge in [0.05, 0.1) is 18.6 Å². The number of amides is 5. The van der Waals surface area contributed by atoms with Crippen molar-refractivity contribution in [3.8, 4) is 22.6 Å². The van der Waals surface area contributed by atoms with Gasteiger partial charge in [-0.3, -0.25) is 28.8 Å². The Morgan fingerprint density at radius 3 is 2.21 bits per heavy atom. The predicted molar refractivity (Wildman–Crippen MR) is 251 cm³/mol. The molecule has 2 heterocycles. The van der Waals surface area contributed by atoms with Gasteiger partial charge < -0.3 is 56.9 Å². The van der Waals surface area contributed by atoms with Gasteiger partial charge in [0.15, 0.2) is 12.1 Å². The van der Waals surface area contributed by atoms with Crippen molar-refractivity contribution >= 4 is 35.3 Å². The van der Waals surface area contributed by atoms with Crippen LogP contribution in [0.15, 0.2) is 36.4 Å². The molecule has 0 saturated carbocycles. The number of hydrogen-bond donors (Lipinski definition) is 8. The van der Waals surface area contributed by atoms with Gasteiger partial charge in [-0.05, 0) is 94.9 Å². The molecule has 1 fully saturated rings. The zero-order valence-corrected chi connectivity index (χ0v) is 39.6.